The van der Waals surface area contributed by atoms with Crippen LogP contribution in [0.5, 0.6) is 0 Å². The Morgan fingerprint density at radius 3 is 2.35 bits per heavy atom. The number of rotatable bonds is 12. The summed E-state index contributed by atoms with van der Waals surface area (Å²) in [5.41, 5.74) is 2.22. The molecule has 1 saturated carbocycles. The van der Waals surface area contributed by atoms with Gasteiger partial charge < -0.3 is 33.7 Å². The first-order valence-corrected chi connectivity index (χ1v) is 25.2. The lowest BCUT2D eigenvalue weighted by molar-refractivity contribution is -0.197. The molecule has 2 unspecified atom stereocenters. The average Bonchev–Trinajstić information content (AvgIpc) is 4.04. The van der Waals surface area contributed by atoms with Crippen LogP contribution in [0.25, 0.3) is 32.9 Å². The molecule has 4 atom stereocenters. The van der Waals surface area contributed by atoms with E-state index in [4.69, 9.17) is 24.2 Å². The summed E-state index contributed by atoms with van der Waals surface area (Å²) in [5, 5.41) is 10.9. The molecule has 4 aliphatic rings. The summed E-state index contributed by atoms with van der Waals surface area (Å²) in [6, 6.07) is 20.5. The first kappa shape index (κ1) is 46.0. The van der Waals surface area contributed by atoms with E-state index in [-0.39, 0.29) is 41.2 Å². The van der Waals surface area contributed by atoms with Crippen molar-refractivity contribution in [3.05, 3.63) is 118 Å². The van der Waals surface area contributed by atoms with Gasteiger partial charge in [-0.05, 0) is 119 Å². The molecule has 0 radical (unpaired) electrons. The molecular formula is C51H58FN7O8S. The first-order valence-electron chi connectivity index (χ1n) is 23.7. The van der Waals surface area contributed by atoms with Gasteiger partial charge in [0.2, 0.25) is 5.95 Å². The molecule has 1 amide bonds. The number of benzene rings is 3. The average molecular weight is 948 g/mol. The molecule has 1 aliphatic carbocycles. The summed E-state index contributed by atoms with van der Waals surface area (Å²) in [6.45, 7) is 8.97. The zero-order chi connectivity index (χ0) is 47.5. The van der Waals surface area contributed by atoms with E-state index < -0.39 is 39.4 Å². The number of carbonyl (C=O) groups is 1. The van der Waals surface area contributed by atoms with Crippen molar-refractivity contribution in [2.75, 3.05) is 44.3 Å². The normalized spacial score (nSPS) is 21.9. The standard InChI is InChI=1S/C51H58FN7O8S/c1-32-8-17-40(18-9-32)68(63,64)59-25-22-41-43(30-55(4)48(60)46(41)59)35-10-19-44-42(27-35)47(51(67-39-15-16-39,36-11-13-37(52)14-12-36)31-66-45-7-5-6-26-65-45)54-49(53-44)56-23-20-38(21-24-56)57-28-34(3)58(50(61)62)29-33(57)2/h8-14,17-19,22,25,27,30,33-34,38-39,45H,5-7,15-16,20-21,23-24,26,28-29,31H2,1-4H3,(H,61,62)/t33-,34+,45?,51?/m0/s1. The lowest BCUT2D eigenvalue weighted by Gasteiger charge is -2.48. The molecule has 3 aliphatic heterocycles. The third-order valence-corrected chi connectivity index (χ3v) is 15.9. The van der Waals surface area contributed by atoms with Crippen molar-refractivity contribution in [2.24, 2.45) is 7.05 Å². The van der Waals surface area contributed by atoms with Crippen LogP contribution in [0.2, 0.25) is 0 Å². The van der Waals surface area contributed by atoms with Crippen molar-refractivity contribution in [3.63, 3.8) is 0 Å². The molecular weight excluding hydrogens is 890 g/mol. The van der Waals surface area contributed by atoms with Crippen LogP contribution in [0.3, 0.4) is 0 Å². The molecule has 4 fully saturated rings. The smallest absolute Gasteiger partial charge is 0.407 e. The van der Waals surface area contributed by atoms with E-state index in [0.717, 1.165) is 48.1 Å². The van der Waals surface area contributed by atoms with Crippen molar-refractivity contribution < 1.29 is 36.9 Å². The fourth-order valence-electron chi connectivity index (χ4n) is 10.3. The summed E-state index contributed by atoms with van der Waals surface area (Å²) in [4.78, 5) is 42.8. The predicted octanol–water partition coefficient (Wildman–Crippen LogP) is 7.64. The molecule has 1 N–H and O–H groups in total. The Hall–Kier alpha value is -5.72. The second kappa shape index (κ2) is 18.3. The Kier molecular flexibility index (Phi) is 12.4. The van der Waals surface area contributed by atoms with Crippen LogP contribution in [0, 0.1) is 12.7 Å². The lowest BCUT2D eigenvalue weighted by Crippen LogP contribution is -2.61. The minimum atomic E-state index is -4.14. The Bertz CT molecular complexity index is 3020. The summed E-state index contributed by atoms with van der Waals surface area (Å²) in [7, 11) is -2.54. The third kappa shape index (κ3) is 8.67. The number of piperidine rings is 1. The number of hydrogen-bond donors (Lipinski definition) is 1. The molecule has 3 aromatic carbocycles. The largest absolute Gasteiger partial charge is 0.465 e. The van der Waals surface area contributed by atoms with Gasteiger partial charge >= 0.3 is 6.09 Å². The van der Waals surface area contributed by atoms with E-state index in [1.54, 1.807) is 55.7 Å². The van der Waals surface area contributed by atoms with Gasteiger partial charge in [-0.2, -0.15) is 0 Å². The van der Waals surface area contributed by atoms with Crippen molar-refractivity contribution in [1.29, 1.82) is 0 Å². The van der Waals surface area contributed by atoms with Gasteiger partial charge in [0.25, 0.3) is 15.6 Å². The van der Waals surface area contributed by atoms with Crippen molar-refractivity contribution in [1.82, 2.24) is 28.3 Å². The number of piperazine rings is 1. The summed E-state index contributed by atoms with van der Waals surface area (Å²) >= 11 is 0. The van der Waals surface area contributed by atoms with Crippen LogP contribution in [0.15, 0.2) is 94.9 Å². The molecule has 358 valence electrons. The number of carboxylic acid groups (broad SMARTS) is 1. The van der Waals surface area contributed by atoms with E-state index >= 15 is 0 Å². The predicted molar refractivity (Wildman–Crippen MR) is 256 cm³/mol. The number of pyridine rings is 1. The molecule has 15 nitrogen and oxygen atoms in total. The zero-order valence-electron chi connectivity index (χ0n) is 38.9. The van der Waals surface area contributed by atoms with Gasteiger partial charge in [-0.1, -0.05) is 35.9 Å². The highest BCUT2D eigenvalue weighted by Crippen LogP contribution is 2.45. The molecule has 10 rings (SSSR count). The van der Waals surface area contributed by atoms with Gasteiger partial charge in [0.05, 0.1) is 28.8 Å². The van der Waals surface area contributed by atoms with Gasteiger partial charge in [0.15, 0.2) is 11.9 Å². The molecule has 3 saturated heterocycles. The monoisotopic (exact) mass is 947 g/mol. The fraction of sp³-hybridized carbons (Fsp3) is 0.451. The SMILES string of the molecule is Cc1ccc(S(=O)(=O)n2ccc3c(-c4ccc5nc(N6CCC(N7C[C@@H](C)N(C(=O)O)C[C@@H]7C)CC6)nc(C(COC6CCCCO6)(OC6CC6)c6ccc(F)cc6)c5c4)cn(C)c(=O)c32)cc1. The van der Waals surface area contributed by atoms with Crippen molar-refractivity contribution >= 4 is 43.9 Å². The number of fused-ring (bicyclic) bond motifs is 2. The number of halogens is 1. The number of ether oxygens (including phenoxy) is 3. The summed E-state index contributed by atoms with van der Waals surface area (Å²) in [5.74, 6) is 0.116. The van der Waals surface area contributed by atoms with Crippen LogP contribution in [-0.4, -0.2) is 118 Å². The molecule has 68 heavy (non-hydrogen) atoms. The van der Waals surface area contributed by atoms with Crippen LogP contribution in [0.4, 0.5) is 15.1 Å². The van der Waals surface area contributed by atoms with Crippen LogP contribution in [-0.2, 0) is 36.9 Å². The molecule has 6 aromatic rings. The van der Waals surface area contributed by atoms with Gasteiger partial charge in [-0.25, -0.2) is 31.5 Å². The molecule has 0 bridgehead atoms. The number of aryl methyl sites for hydroxylation is 2. The van der Waals surface area contributed by atoms with Crippen molar-refractivity contribution in [3.8, 4) is 11.1 Å². The maximum Gasteiger partial charge on any atom is 0.407 e. The van der Waals surface area contributed by atoms with E-state index in [0.29, 0.717) is 83.8 Å². The first-order chi connectivity index (χ1) is 32.7. The number of aromatic nitrogens is 4. The number of anilines is 1. The highest BCUT2D eigenvalue weighted by Gasteiger charge is 2.46. The van der Waals surface area contributed by atoms with Gasteiger partial charge in [0, 0.05) is 86.7 Å². The Balaban J connectivity index is 1.11. The maximum absolute atomic E-state index is 14.9. The number of nitrogens with zero attached hydrogens (tertiary/aromatic N) is 7. The minimum Gasteiger partial charge on any atom is -0.465 e. The van der Waals surface area contributed by atoms with E-state index in [1.807, 2.05) is 32.0 Å². The Morgan fingerprint density at radius 1 is 0.912 bits per heavy atom. The summed E-state index contributed by atoms with van der Waals surface area (Å²) < 4.78 is 65.6. The minimum absolute atomic E-state index is 0.0137. The molecule has 6 heterocycles. The highest BCUT2D eigenvalue weighted by atomic mass is 32.2. The molecule has 0 spiro atoms. The van der Waals surface area contributed by atoms with Crippen molar-refractivity contribution in [2.45, 2.75) is 107 Å². The maximum atomic E-state index is 14.9. The molecule has 3 aromatic heterocycles. The van der Waals surface area contributed by atoms with Crippen LogP contribution < -0.4 is 10.5 Å². The van der Waals surface area contributed by atoms with E-state index in [2.05, 4.69) is 16.7 Å². The quantitative estimate of drug-likeness (QED) is 0.128. The van der Waals surface area contributed by atoms with E-state index in [9.17, 15) is 27.5 Å². The zero-order valence-corrected chi connectivity index (χ0v) is 39.7. The second-order valence-corrected chi connectivity index (χ2v) is 20.9. The van der Waals surface area contributed by atoms with Gasteiger partial charge in [-0.3, -0.25) is 9.69 Å². The fourth-order valence-corrected chi connectivity index (χ4v) is 11.7. The lowest BCUT2D eigenvalue weighted by atomic mass is 9.87. The van der Waals surface area contributed by atoms with Gasteiger partial charge in [0.1, 0.15) is 11.3 Å². The number of amides is 1. The van der Waals surface area contributed by atoms with E-state index in [1.165, 1.54) is 27.8 Å². The Labute approximate surface area is 395 Å². The van der Waals surface area contributed by atoms with Gasteiger partial charge in [-0.15, -0.1) is 0 Å². The summed E-state index contributed by atoms with van der Waals surface area (Å²) in [6.07, 6.45) is 7.57. The third-order valence-electron chi connectivity index (χ3n) is 14.3. The second-order valence-electron chi connectivity index (χ2n) is 19.1. The number of hydrogen-bond acceptors (Lipinski definition) is 11. The Morgan fingerprint density at radius 2 is 1.66 bits per heavy atom. The highest BCUT2D eigenvalue weighted by molar-refractivity contribution is 7.90. The topological polar surface area (TPSA) is 162 Å². The molecule has 17 heteroatoms. The van der Waals surface area contributed by atoms with Crippen LogP contribution >= 0.6 is 0 Å². The van der Waals surface area contributed by atoms with Crippen LogP contribution in [0.1, 0.15) is 75.6 Å².